The van der Waals surface area contributed by atoms with E-state index < -0.39 is 11.6 Å². The predicted octanol–water partition coefficient (Wildman–Crippen LogP) is 1.06. The van der Waals surface area contributed by atoms with Gasteiger partial charge in [0.05, 0.1) is 0 Å². The van der Waals surface area contributed by atoms with Gasteiger partial charge in [0, 0.05) is 25.7 Å². The van der Waals surface area contributed by atoms with E-state index in [1.54, 1.807) is 0 Å². The van der Waals surface area contributed by atoms with Gasteiger partial charge in [0.15, 0.2) is 5.60 Å². The summed E-state index contributed by atoms with van der Waals surface area (Å²) in [5.41, 5.74) is 1.60. The number of benzene rings is 1. The lowest BCUT2D eigenvalue weighted by Crippen LogP contribution is -2.37. The molecule has 17 heavy (non-hydrogen) atoms. The van der Waals surface area contributed by atoms with Gasteiger partial charge in [0.25, 0.3) is 0 Å². The predicted molar refractivity (Wildman–Crippen MR) is 65.4 cm³/mol. The van der Waals surface area contributed by atoms with Gasteiger partial charge < -0.3 is 15.1 Å². The zero-order valence-electron chi connectivity index (χ0n) is 10.1. The van der Waals surface area contributed by atoms with Crippen LogP contribution >= 0.6 is 0 Å². The molecule has 0 fully saturated rings. The Morgan fingerprint density at radius 1 is 1.53 bits per heavy atom. The van der Waals surface area contributed by atoms with Gasteiger partial charge in [-0.05, 0) is 30.5 Å². The second kappa shape index (κ2) is 4.04. The number of hydrogen-bond donors (Lipinski definition) is 2. The molecule has 1 unspecified atom stereocenters. The summed E-state index contributed by atoms with van der Waals surface area (Å²) in [6.45, 7) is 2.32. The summed E-state index contributed by atoms with van der Waals surface area (Å²) >= 11 is 0. The minimum absolute atomic E-state index is 0.138. The molecule has 1 aliphatic heterocycles. The molecular formula is C13H17NO3. The number of carboxylic acids is 1. The van der Waals surface area contributed by atoms with Crippen molar-refractivity contribution in [3.05, 3.63) is 29.3 Å². The molecule has 1 atom stereocenters. The quantitative estimate of drug-likeness (QED) is 0.822. The van der Waals surface area contributed by atoms with Crippen molar-refractivity contribution in [3.8, 4) is 0 Å². The summed E-state index contributed by atoms with van der Waals surface area (Å²) in [5, 5.41) is 18.6. The molecule has 0 aromatic heterocycles. The lowest BCUT2D eigenvalue weighted by molar-refractivity contribution is -0.156. The third-order valence-electron chi connectivity index (χ3n) is 3.28. The van der Waals surface area contributed by atoms with Gasteiger partial charge in [0.1, 0.15) is 0 Å². The van der Waals surface area contributed by atoms with Crippen molar-refractivity contribution in [2.45, 2.75) is 25.4 Å². The third-order valence-corrected chi connectivity index (χ3v) is 3.28. The standard InChI is InChI=1S/C13H17NO3/c1-13(17,12(15)16)8-9-3-4-11-10(7-9)5-6-14(11)2/h3-4,7,17H,5-6,8H2,1-2H3,(H,15,16). The van der Waals surface area contributed by atoms with E-state index in [9.17, 15) is 9.90 Å². The van der Waals surface area contributed by atoms with Gasteiger partial charge in [-0.15, -0.1) is 0 Å². The first-order valence-electron chi connectivity index (χ1n) is 5.69. The molecular weight excluding hydrogens is 218 g/mol. The molecule has 2 rings (SSSR count). The minimum atomic E-state index is -1.70. The van der Waals surface area contributed by atoms with E-state index >= 15 is 0 Å². The number of rotatable bonds is 3. The van der Waals surface area contributed by atoms with Crippen LogP contribution in [-0.4, -0.2) is 35.4 Å². The first-order valence-corrected chi connectivity index (χ1v) is 5.69. The van der Waals surface area contributed by atoms with Crippen molar-refractivity contribution in [2.75, 3.05) is 18.5 Å². The van der Waals surface area contributed by atoms with Crippen LogP contribution in [0.15, 0.2) is 18.2 Å². The van der Waals surface area contributed by atoms with Crippen molar-refractivity contribution in [1.29, 1.82) is 0 Å². The van der Waals surface area contributed by atoms with E-state index in [-0.39, 0.29) is 6.42 Å². The van der Waals surface area contributed by atoms with Gasteiger partial charge in [-0.25, -0.2) is 4.79 Å². The Labute approximate surface area is 100 Å². The van der Waals surface area contributed by atoms with Crippen LogP contribution in [0, 0.1) is 0 Å². The SMILES string of the molecule is CN1CCc2cc(CC(C)(O)C(=O)O)ccc21. The molecule has 1 heterocycles. The number of aliphatic carboxylic acids is 1. The van der Waals surface area contributed by atoms with Gasteiger partial charge in [0.2, 0.25) is 0 Å². The Kier molecular flexibility index (Phi) is 2.83. The van der Waals surface area contributed by atoms with Crippen molar-refractivity contribution in [3.63, 3.8) is 0 Å². The van der Waals surface area contributed by atoms with Crippen LogP contribution in [0.4, 0.5) is 5.69 Å². The van der Waals surface area contributed by atoms with Crippen LogP contribution in [-0.2, 0) is 17.6 Å². The molecule has 0 bridgehead atoms. The monoisotopic (exact) mass is 235 g/mol. The third kappa shape index (κ3) is 2.26. The summed E-state index contributed by atoms with van der Waals surface area (Å²) in [6.07, 6.45) is 1.12. The molecule has 4 nitrogen and oxygen atoms in total. The van der Waals surface area contributed by atoms with Crippen LogP contribution < -0.4 is 4.90 Å². The maximum Gasteiger partial charge on any atom is 0.335 e. The smallest absolute Gasteiger partial charge is 0.335 e. The summed E-state index contributed by atoms with van der Waals surface area (Å²) in [7, 11) is 2.04. The Morgan fingerprint density at radius 2 is 2.24 bits per heavy atom. The molecule has 92 valence electrons. The summed E-state index contributed by atoms with van der Waals surface area (Å²) in [5.74, 6) is -1.19. The maximum absolute atomic E-state index is 10.9. The van der Waals surface area contributed by atoms with Gasteiger partial charge in [-0.1, -0.05) is 12.1 Å². The van der Waals surface area contributed by atoms with E-state index in [0.29, 0.717) is 0 Å². The highest BCUT2D eigenvalue weighted by Crippen LogP contribution is 2.28. The minimum Gasteiger partial charge on any atom is -0.479 e. The zero-order chi connectivity index (χ0) is 12.6. The highest BCUT2D eigenvalue weighted by Gasteiger charge is 2.30. The molecule has 0 radical (unpaired) electrons. The largest absolute Gasteiger partial charge is 0.479 e. The molecule has 1 aromatic carbocycles. The van der Waals surface area contributed by atoms with E-state index in [2.05, 4.69) is 4.90 Å². The first-order chi connectivity index (χ1) is 7.90. The fourth-order valence-corrected chi connectivity index (χ4v) is 2.20. The van der Waals surface area contributed by atoms with Crippen molar-refractivity contribution in [1.82, 2.24) is 0 Å². The molecule has 0 saturated heterocycles. The lowest BCUT2D eigenvalue weighted by atomic mass is 9.95. The maximum atomic E-state index is 10.9. The van der Waals surface area contributed by atoms with E-state index in [4.69, 9.17) is 5.11 Å². The Morgan fingerprint density at radius 3 is 2.88 bits per heavy atom. The number of aliphatic hydroxyl groups is 1. The molecule has 1 aliphatic rings. The van der Waals surface area contributed by atoms with Crippen molar-refractivity contribution in [2.24, 2.45) is 0 Å². The topological polar surface area (TPSA) is 60.8 Å². The lowest BCUT2D eigenvalue weighted by Gasteiger charge is -2.18. The van der Waals surface area contributed by atoms with Crippen LogP contribution in [0.2, 0.25) is 0 Å². The summed E-state index contributed by atoms with van der Waals surface area (Å²) < 4.78 is 0. The molecule has 0 spiro atoms. The summed E-state index contributed by atoms with van der Waals surface area (Å²) in [6, 6.07) is 5.88. The van der Waals surface area contributed by atoms with Gasteiger partial charge in [-0.3, -0.25) is 0 Å². The number of likely N-dealkylation sites (N-methyl/N-ethyl adjacent to an activating group) is 1. The highest BCUT2D eigenvalue weighted by atomic mass is 16.4. The van der Waals surface area contributed by atoms with E-state index in [1.807, 2.05) is 25.2 Å². The number of nitrogens with zero attached hydrogens (tertiary/aromatic N) is 1. The van der Waals surface area contributed by atoms with Gasteiger partial charge >= 0.3 is 5.97 Å². The number of fused-ring (bicyclic) bond motifs is 1. The van der Waals surface area contributed by atoms with Crippen LogP contribution in [0.25, 0.3) is 0 Å². The number of anilines is 1. The fraction of sp³-hybridized carbons (Fsp3) is 0.462. The molecule has 0 aliphatic carbocycles. The van der Waals surface area contributed by atoms with E-state index in [1.165, 1.54) is 18.2 Å². The molecule has 4 heteroatoms. The second-order valence-corrected chi connectivity index (χ2v) is 4.89. The molecule has 1 aromatic rings. The van der Waals surface area contributed by atoms with Crippen LogP contribution in [0.5, 0.6) is 0 Å². The number of carbonyl (C=O) groups is 1. The second-order valence-electron chi connectivity index (χ2n) is 4.89. The van der Waals surface area contributed by atoms with Crippen molar-refractivity contribution >= 4 is 11.7 Å². The summed E-state index contributed by atoms with van der Waals surface area (Å²) in [4.78, 5) is 13.0. The average Bonchev–Trinajstić information content (AvgIpc) is 2.59. The first kappa shape index (κ1) is 11.9. The number of carboxylic acid groups (broad SMARTS) is 1. The molecule has 0 saturated carbocycles. The van der Waals surface area contributed by atoms with Gasteiger partial charge in [-0.2, -0.15) is 0 Å². The Balaban J connectivity index is 2.22. The van der Waals surface area contributed by atoms with Crippen molar-refractivity contribution < 1.29 is 15.0 Å². The average molecular weight is 235 g/mol. The fourth-order valence-electron chi connectivity index (χ4n) is 2.20. The molecule has 2 N–H and O–H groups in total. The Bertz CT molecular complexity index is 454. The zero-order valence-corrected chi connectivity index (χ0v) is 10.1. The number of hydrogen-bond acceptors (Lipinski definition) is 3. The Hall–Kier alpha value is -1.55. The van der Waals surface area contributed by atoms with Crippen LogP contribution in [0.3, 0.4) is 0 Å². The van der Waals surface area contributed by atoms with E-state index in [0.717, 1.165) is 18.5 Å². The van der Waals surface area contributed by atoms with Crippen LogP contribution in [0.1, 0.15) is 18.1 Å². The normalized spacial score (nSPS) is 17.7. The molecule has 0 amide bonds. The highest BCUT2D eigenvalue weighted by molar-refractivity contribution is 5.77.